The first kappa shape index (κ1) is 12.9. The lowest BCUT2D eigenvalue weighted by molar-refractivity contribution is 0.0610. The molecular weight excluding hydrogens is 188 g/mol. The van der Waals surface area contributed by atoms with E-state index >= 15 is 0 Å². The second-order valence-corrected chi connectivity index (χ2v) is 4.97. The third-order valence-electron chi connectivity index (χ3n) is 3.16. The van der Waals surface area contributed by atoms with Crippen molar-refractivity contribution in [2.75, 3.05) is 33.3 Å². The van der Waals surface area contributed by atoms with Crippen LogP contribution < -0.4 is 5.32 Å². The SMILES string of the molecule is CC(C)OCCN(C)CC1CCNC1C. The van der Waals surface area contributed by atoms with Crippen molar-refractivity contribution in [3.8, 4) is 0 Å². The highest BCUT2D eigenvalue weighted by atomic mass is 16.5. The van der Waals surface area contributed by atoms with Gasteiger partial charge in [-0.3, -0.25) is 0 Å². The van der Waals surface area contributed by atoms with Crippen LogP contribution in [0.4, 0.5) is 0 Å². The van der Waals surface area contributed by atoms with Crippen LogP contribution in [0.3, 0.4) is 0 Å². The van der Waals surface area contributed by atoms with E-state index in [-0.39, 0.29) is 0 Å². The molecule has 2 unspecified atom stereocenters. The maximum absolute atomic E-state index is 5.55. The molecule has 3 nitrogen and oxygen atoms in total. The van der Waals surface area contributed by atoms with Crippen molar-refractivity contribution in [2.24, 2.45) is 5.92 Å². The molecule has 1 rings (SSSR count). The fourth-order valence-corrected chi connectivity index (χ4v) is 2.10. The summed E-state index contributed by atoms with van der Waals surface area (Å²) in [6.45, 7) is 10.7. The van der Waals surface area contributed by atoms with Crippen molar-refractivity contribution in [1.29, 1.82) is 0 Å². The molecule has 1 aliphatic rings. The minimum atomic E-state index is 0.352. The van der Waals surface area contributed by atoms with Gasteiger partial charge in [0, 0.05) is 19.1 Å². The van der Waals surface area contributed by atoms with Crippen LogP contribution in [0.15, 0.2) is 0 Å². The molecule has 1 saturated heterocycles. The summed E-state index contributed by atoms with van der Waals surface area (Å²) in [4.78, 5) is 2.39. The molecule has 0 aliphatic carbocycles. The summed E-state index contributed by atoms with van der Waals surface area (Å²) in [5.41, 5.74) is 0. The fourth-order valence-electron chi connectivity index (χ4n) is 2.10. The molecule has 1 N–H and O–H groups in total. The molecule has 0 aromatic heterocycles. The second-order valence-electron chi connectivity index (χ2n) is 4.97. The lowest BCUT2D eigenvalue weighted by atomic mass is 10.0. The maximum atomic E-state index is 5.55. The van der Waals surface area contributed by atoms with Crippen LogP contribution in [-0.4, -0.2) is 50.3 Å². The third-order valence-corrected chi connectivity index (χ3v) is 3.16. The number of nitrogens with one attached hydrogen (secondary N) is 1. The summed E-state index contributed by atoms with van der Waals surface area (Å²) in [6, 6.07) is 0.679. The molecule has 90 valence electrons. The Bertz CT molecular complexity index is 173. The van der Waals surface area contributed by atoms with Crippen molar-refractivity contribution >= 4 is 0 Å². The quantitative estimate of drug-likeness (QED) is 0.722. The van der Waals surface area contributed by atoms with Gasteiger partial charge in [-0.15, -0.1) is 0 Å². The van der Waals surface area contributed by atoms with Crippen LogP contribution >= 0.6 is 0 Å². The fraction of sp³-hybridized carbons (Fsp3) is 1.00. The summed E-state index contributed by atoms with van der Waals surface area (Å²) >= 11 is 0. The van der Waals surface area contributed by atoms with E-state index in [1.807, 2.05) is 0 Å². The molecule has 0 aromatic rings. The number of likely N-dealkylation sites (N-methyl/N-ethyl adjacent to an activating group) is 1. The summed E-state index contributed by atoms with van der Waals surface area (Å²) in [5.74, 6) is 0.814. The zero-order chi connectivity index (χ0) is 11.3. The van der Waals surface area contributed by atoms with E-state index in [0.717, 1.165) is 19.1 Å². The first-order chi connectivity index (χ1) is 7.09. The number of rotatable bonds is 6. The normalized spacial score (nSPS) is 26.8. The molecule has 0 aromatic carbocycles. The topological polar surface area (TPSA) is 24.5 Å². The first-order valence-electron chi connectivity index (χ1n) is 6.13. The Morgan fingerprint density at radius 3 is 2.73 bits per heavy atom. The van der Waals surface area contributed by atoms with Gasteiger partial charge in [0.1, 0.15) is 0 Å². The van der Waals surface area contributed by atoms with Gasteiger partial charge < -0.3 is 15.0 Å². The highest BCUT2D eigenvalue weighted by Crippen LogP contribution is 2.15. The average Bonchev–Trinajstić information content (AvgIpc) is 2.51. The minimum Gasteiger partial charge on any atom is -0.377 e. The van der Waals surface area contributed by atoms with E-state index in [1.165, 1.54) is 19.5 Å². The molecule has 1 heterocycles. The molecule has 2 atom stereocenters. The molecule has 0 saturated carbocycles. The van der Waals surface area contributed by atoms with Gasteiger partial charge in [0.05, 0.1) is 12.7 Å². The third kappa shape index (κ3) is 4.96. The smallest absolute Gasteiger partial charge is 0.0596 e. The van der Waals surface area contributed by atoms with E-state index in [4.69, 9.17) is 4.74 Å². The molecule has 15 heavy (non-hydrogen) atoms. The Kier molecular flexibility index (Phi) is 5.58. The lowest BCUT2D eigenvalue weighted by Crippen LogP contribution is -2.34. The number of hydrogen-bond acceptors (Lipinski definition) is 3. The molecule has 0 bridgehead atoms. The summed E-state index contributed by atoms with van der Waals surface area (Å²) < 4.78 is 5.55. The van der Waals surface area contributed by atoms with Crippen molar-refractivity contribution in [3.05, 3.63) is 0 Å². The summed E-state index contributed by atoms with van der Waals surface area (Å²) in [7, 11) is 2.19. The second kappa shape index (κ2) is 6.46. The van der Waals surface area contributed by atoms with Crippen LogP contribution in [0.2, 0.25) is 0 Å². The van der Waals surface area contributed by atoms with Crippen molar-refractivity contribution in [2.45, 2.75) is 39.3 Å². The van der Waals surface area contributed by atoms with Gasteiger partial charge in [-0.05, 0) is 46.7 Å². The zero-order valence-corrected chi connectivity index (χ0v) is 10.6. The Morgan fingerprint density at radius 2 is 2.20 bits per heavy atom. The lowest BCUT2D eigenvalue weighted by Gasteiger charge is -2.23. The highest BCUT2D eigenvalue weighted by Gasteiger charge is 2.23. The van der Waals surface area contributed by atoms with Crippen LogP contribution in [-0.2, 0) is 4.74 Å². The molecule has 0 amide bonds. The number of ether oxygens (including phenoxy) is 1. The zero-order valence-electron chi connectivity index (χ0n) is 10.6. The van der Waals surface area contributed by atoms with Gasteiger partial charge in [0.25, 0.3) is 0 Å². The van der Waals surface area contributed by atoms with E-state index in [2.05, 4.69) is 38.0 Å². The predicted molar refractivity (Wildman–Crippen MR) is 64.2 cm³/mol. The standard InChI is InChI=1S/C12H26N2O/c1-10(2)15-8-7-14(4)9-12-5-6-13-11(12)3/h10-13H,5-9H2,1-4H3. The summed E-state index contributed by atoms with van der Waals surface area (Å²) in [6.07, 6.45) is 1.67. The molecule has 1 fully saturated rings. The van der Waals surface area contributed by atoms with Gasteiger partial charge in [0.2, 0.25) is 0 Å². The van der Waals surface area contributed by atoms with Crippen LogP contribution in [0.25, 0.3) is 0 Å². The Balaban J connectivity index is 2.09. The van der Waals surface area contributed by atoms with E-state index in [9.17, 15) is 0 Å². The van der Waals surface area contributed by atoms with E-state index in [0.29, 0.717) is 12.1 Å². The summed E-state index contributed by atoms with van der Waals surface area (Å²) in [5, 5.41) is 3.49. The van der Waals surface area contributed by atoms with Crippen LogP contribution in [0, 0.1) is 5.92 Å². The Hall–Kier alpha value is -0.120. The maximum Gasteiger partial charge on any atom is 0.0596 e. The largest absolute Gasteiger partial charge is 0.377 e. The number of hydrogen-bond donors (Lipinski definition) is 1. The van der Waals surface area contributed by atoms with Gasteiger partial charge in [-0.1, -0.05) is 0 Å². The van der Waals surface area contributed by atoms with Gasteiger partial charge >= 0.3 is 0 Å². The monoisotopic (exact) mass is 214 g/mol. The van der Waals surface area contributed by atoms with Crippen molar-refractivity contribution < 1.29 is 4.74 Å². The number of nitrogens with zero attached hydrogens (tertiary/aromatic N) is 1. The van der Waals surface area contributed by atoms with Gasteiger partial charge in [0.15, 0.2) is 0 Å². The Morgan fingerprint density at radius 1 is 1.47 bits per heavy atom. The molecular formula is C12H26N2O. The molecule has 0 spiro atoms. The average molecular weight is 214 g/mol. The van der Waals surface area contributed by atoms with Crippen molar-refractivity contribution in [3.63, 3.8) is 0 Å². The van der Waals surface area contributed by atoms with Crippen molar-refractivity contribution in [1.82, 2.24) is 10.2 Å². The molecule has 1 aliphatic heterocycles. The highest BCUT2D eigenvalue weighted by molar-refractivity contribution is 4.81. The molecule has 0 radical (unpaired) electrons. The van der Waals surface area contributed by atoms with Gasteiger partial charge in [-0.2, -0.15) is 0 Å². The first-order valence-corrected chi connectivity index (χ1v) is 6.13. The Labute approximate surface area is 94.2 Å². The van der Waals surface area contributed by atoms with Gasteiger partial charge in [-0.25, -0.2) is 0 Å². The van der Waals surface area contributed by atoms with E-state index < -0.39 is 0 Å². The van der Waals surface area contributed by atoms with E-state index in [1.54, 1.807) is 0 Å². The van der Waals surface area contributed by atoms with Crippen LogP contribution in [0.1, 0.15) is 27.2 Å². The predicted octanol–water partition coefficient (Wildman–Crippen LogP) is 1.34. The van der Waals surface area contributed by atoms with Crippen LogP contribution in [0.5, 0.6) is 0 Å². The minimum absolute atomic E-state index is 0.352. The molecule has 3 heteroatoms.